The summed E-state index contributed by atoms with van der Waals surface area (Å²) in [7, 11) is 1.66. The van der Waals surface area contributed by atoms with Gasteiger partial charge in [0.15, 0.2) is 11.3 Å². The zero-order valence-corrected chi connectivity index (χ0v) is 15.4. The smallest absolute Gasteiger partial charge is 0.222 e. The number of carbonyl (C=O) groups is 1. The quantitative estimate of drug-likeness (QED) is 0.870. The number of benzene rings is 1. The molecule has 0 unspecified atom stereocenters. The van der Waals surface area contributed by atoms with Crippen molar-refractivity contribution in [2.45, 2.75) is 45.7 Å². The summed E-state index contributed by atoms with van der Waals surface area (Å²) in [6, 6.07) is 8.41. The molecule has 1 N–H and O–H groups in total. The van der Waals surface area contributed by atoms with Crippen molar-refractivity contribution < 1.29 is 13.9 Å². The van der Waals surface area contributed by atoms with E-state index in [-0.39, 0.29) is 5.91 Å². The first-order valence-electron chi connectivity index (χ1n) is 9.22. The lowest BCUT2D eigenvalue weighted by molar-refractivity contribution is -0.133. The fourth-order valence-corrected chi connectivity index (χ4v) is 3.73. The van der Waals surface area contributed by atoms with Crippen LogP contribution in [-0.2, 0) is 11.3 Å². The molecule has 1 aromatic heterocycles. The molecule has 2 aromatic rings. The average molecular weight is 344 g/mol. The second kappa shape index (κ2) is 7.91. The molecule has 25 heavy (non-hydrogen) atoms. The molecule has 0 radical (unpaired) electrons. The van der Waals surface area contributed by atoms with E-state index in [1.165, 1.54) is 0 Å². The molecule has 0 saturated carbocycles. The maximum Gasteiger partial charge on any atom is 0.222 e. The first-order chi connectivity index (χ1) is 12.2. The first-order valence-corrected chi connectivity index (χ1v) is 9.22. The summed E-state index contributed by atoms with van der Waals surface area (Å²) in [5.74, 6) is 2.44. The molecule has 5 nitrogen and oxygen atoms in total. The Bertz CT molecular complexity index is 725. The fourth-order valence-electron chi connectivity index (χ4n) is 3.73. The Balaban J connectivity index is 1.64. The molecule has 0 bridgehead atoms. The number of nitrogens with one attached hydrogen (secondary N) is 1. The van der Waals surface area contributed by atoms with E-state index in [9.17, 15) is 4.79 Å². The predicted octanol–water partition coefficient (Wildman–Crippen LogP) is 3.57. The standard InChI is InChI=1S/C20H28N2O3/c1-4-14-13-22(19(23)5-2)10-9-17(14)21-12-16-11-15-7-6-8-18(24-3)20(15)25-16/h6-8,11,14,17,21H,4-5,9-10,12-13H2,1-3H3/t14-,17+/m0/s1. The highest BCUT2D eigenvalue weighted by molar-refractivity contribution is 5.83. The summed E-state index contributed by atoms with van der Waals surface area (Å²) in [5, 5.41) is 4.70. The Labute approximate surface area is 149 Å². The number of likely N-dealkylation sites (tertiary alicyclic amines) is 1. The van der Waals surface area contributed by atoms with Gasteiger partial charge in [0, 0.05) is 30.9 Å². The zero-order chi connectivity index (χ0) is 17.8. The van der Waals surface area contributed by atoms with Crippen molar-refractivity contribution in [3.05, 3.63) is 30.0 Å². The Morgan fingerprint density at radius 2 is 2.24 bits per heavy atom. The van der Waals surface area contributed by atoms with E-state index in [1.807, 2.05) is 30.0 Å². The number of para-hydroxylation sites is 1. The van der Waals surface area contributed by atoms with Crippen LogP contribution in [0.5, 0.6) is 5.75 Å². The minimum absolute atomic E-state index is 0.265. The number of amides is 1. The zero-order valence-electron chi connectivity index (χ0n) is 15.4. The normalized spacial score (nSPS) is 20.8. The molecule has 136 valence electrons. The number of fused-ring (bicyclic) bond motifs is 1. The number of rotatable bonds is 6. The molecule has 2 heterocycles. The minimum atomic E-state index is 0.265. The Hall–Kier alpha value is -2.01. The van der Waals surface area contributed by atoms with Crippen LogP contribution in [0.2, 0.25) is 0 Å². The summed E-state index contributed by atoms with van der Waals surface area (Å²) in [6.45, 7) is 6.53. The number of methoxy groups -OCH3 is 1. The number of hydrogen-bond acceptors (Lipinski definition) is 4. The van der Waals surface area contributed by atoms with Crippen LogP contribution in [0.25, 0.3) is 11.0 Å². The van der Waals surface area contributed by atoms with E-state index >= 15 is 0 Å². The van der Waals surface area contributed by atoms with E-state index in [0.29, 0.717) is 24.9 Å². The molecule has 5 heteroatoms. The van der Waals surface area contributed by atoms with Gasteiger partial charge >= 0.3 is 0 Å². The van der Waals surface area contributed by atoms with Gasteiger partial charge in [-0.25, -0.2) is 0 Å². The van der Waals surface area contributed by atoms with Gasteiger partial charge < -0.3 is 19.4 Å². The minimum Gasteiger partial charge on any atom is -0.493 e. The maximum atomic E-state index is 12.0. The summed E-state index contributed by atoms with van der Waals surface area (Å²) < 4.78 is 11.3. The van der Waals surface area contributed by atoms with Crippen molar-refractivity contribution in [1.29, 1.82) is 0 Å². The highest BCUT2D eigenvalue weighted by atomic mass is 16.5. The second-order valence-corrected chi connectivity index (χ2v) is 6.73. The van der Waals surface area contributed by atoms with Gasteiger partial charge in [-0.15, -0.1) is 0 Å². The third-order valence-corrected chi connectivity index (χ3v) is 5.23. The second-order valence-electron chi connectivity index (χ2n) is 6.73. The van der Waals surface area contributed by atoms with Crippen molar-refractivity contribution in [2.24, 2.45) is 5.92 Å². The molecule has 3 rings (SSSR count). The van der Waals surface area contributed by atoms with Crippen LogP contribution in [0, 0.1) is 5.92 Å². The lowest BCUT2D eigenvalue weighted by Gasteiger charge is -2.38. The van der Waals surface area contributed by atoms with Crippen molar-refractivity contribution in [3.63, 3.8) is 0 Å². The highest BCUT2D eigenvalue weighted by Crippen LogP contribution is 2.29. The Kier molecular flexibility index (Phi) is 5.63. The van der Waals surface area contributed by atoms with Gasteiger partial charge in [0.25, 0.3) is 0 Å². The molecule has 1 fully saturated rings. The predicted molar refractivity (Wildman–Crippen MR) is 98.7 cm³/mol. The molecular weight excluding hydrogens is 316 g/mol. The largest absolute Gasteiger partial charge is 0.493 e. The third kappa shape index (κ3) is 3.82. The third-order valence-electron chi connectivity index (χ3n) is 5.23. The van der Waals surface area contributed by atoms with Gasteiger partial charge in [0.05, 0.1) is 13.7 Å². The summed E-state index contributed by atoms with van der Waals surface area (Å²) in [5.41, 5.74) is 0.803. The van der Waals surface area contributed by atoms with E-state index in [1.54, 1.807) is 7.11 Å². The van der Waals surface area contributed by atoms with Crippen LogP contribution in [0.3, 0.4) is 0 Å². The topological polar surface area (TPSA) is 54.7 Å². The average Bonchev–Trinajstić information content (AvgIpc) is 3.08. The van der Waals surface area contributed by atoms with Gasteiger partial charge in [0.1, 0.15) is 5.76 Å². The van der Waals surface area contributed by atoms with Crippen LogP contribution in [-0.4, -0.2) is 37.0 Å². The van der Waals surface area contributed by atoms with E-state index in [4.69, 9.17) is 9.15 Å². The molecule has 0 aliphatic carbocycles. The van der Waals surface area contributed by atoms with E-state index in [0.717, 1.165) is 48.4 Å². The van der Waals surface area contributed by atoms with E-state index in [2.05, 4.69) is 18.3 Å². The summed E-state index contributed by atoms with van der Waals surface area (Å²) >= 11 is 0. The van der Waals surface area contributed by atoms with Gasteiger partial charge in [-0.1, -0.05) is 32.4 Å². The fraction of sp³-hybridized carbons (Fsp3) is 0.550. The maximum absolute atomic E-state index is 12.0. The lowest BCUT2D eigenvalue weighted by Crippen LogP contribution is -2.50. The number of furan rings is 1. The molecule has 1 aliphatic rings. The molecule has 1 aliphatic heterocycles. The molecular formula is C20H28N2O3. The summed E-state index contributed by atoms with van der Waals surface area (Å²) in [4.78, 5) is 14.0. The highest BCUT2D eigenvalue weighted by Gasteiger charge is 2.29. The van der Waals surface area contributed by atoms with Crippen LogP contribution >= 0.6 is 0 Å². The first kappa shape index (κ1) is 17.8. The molecule has 1 aromatic carbocycles. The van der Waals surface area contributed by atoms with Crippen molar-refractivity contribution >= 4 is 16.9 Å². The lowest BCUT2D eigenvalue weighted by atomic mass is 9.89. The molecule has 2 atom stereocenters. The summed E-state index contributed by atoms with van der Waals surface area (Å²) in [6.07, 6.45) is 2.66. The number of piperidine rings is 1. The van der Waals surface area contributed by atoms with Crippen LogP contribution in [0.1, 0.15) is 38.9 Å². The number of ether oxygens (including phenoxy) is 1. The van der Waals surface area contributed by atoms with Crippen molar-refractivity contribution in [2.75, 3.05) is 20.2 Å². The molecule has 1 amide bonds. The van der Waals surface area contributed by atoms with Crippen LogP contribution in [0.15, 0.2) is 28.7 Å². The Morgan fingerprint density at radius 1 is 1.40 bits per heavy atom. The number of hydrogen-bond donors (Lipinski definition) is 1. The monoisotopic (exact) mass is 344 g/mol. The number of carbonyl (C=O) groups excluding carboxylic acids is 1. The molecule has 1 saturated heterocycles. The Morgan fingerprint density at radius 3 is 2.96 bits per heavy atom. The van der Waals surface area contributed by atoms with Crippen molar-refractivity contribution in [1.82, 2.24) is 10.2 Å². The van der Waals surface area contributed by atoms with Gasteiger partial charge in [0.2, 0.25) is 5.91 Å². The van der Waals surface area contributed by atoms with Crippen LogP contribution < -0.4 is 10.1 Å². The van der Waals surface area contributed by atoms with Crippen molar-refractivity contribution in [3.8, 4) is 5.75 Å². The SMILES string of the molecule is CCC(=O)N1CC[C@@H](NCc2cc3cccc(OC)c3o2)[C@@H](CC)C1. The van der Waals surface area contributed by atoms with Gasteiger partial charge in [-0.05, 0) is 24.5 Å². The van der Waals surface area contributed by atoms with Gasteiger partial charge in [-0.2, -0.15) is 0 Å². The van der Waals surface area contributed by atoms with E-state index < -0.39 is 0 Å². The van der Waals surface area contributed by atoms with Crippen LogP contribution in [0.4, 0.5) is 0 Å². The number of nitrogens with zero attached hydrogens (tertiary/aromatic N) is 1. The molecule has 0 spiro atoms. The van der Waals surface area contributed by atoms with Gasteiger partial charge in [-0.3, -0.25) is 4.79 Å².